The molecule has 5 N–H and O–H groups in total. The van der Waals surface area contributed by atoms with E-state index in [0.29, 0.717) is 37.2 Å². The number of esters is 1. The summed E-state index contributed by atoms with van der Waals surface area (Å²) in [6, 6.07) is -0.726. The molecule has 1 amide bonds. The molecule has 19 heteroatoms. The highest BCUT2D eigenvalue weighted by Gasteiger charge is 2.53. The fourth-order valence-corrected chi connectivity index (χ4v) is 10.6. The summed E-state index contributed by atoms with van der Waals surface area (Å²) in [7, 11) is 9.10. The number of cyclic esters (lactones) is 1. The zero-order valence-corrected chi connectivity index (χ0v) is 43.9. The predicted molar refractivity (Wildman–Crippen MR) is 251 cm³/mol. The van der Waals surface area contributed by atoms with Crippen molar-refractivity contribution in [1.82, 2.24) is 24.9 Å². The van der Waals surface area contributed by atoms with Crippen molar-refractivity contribution < 1.29 is 63.2 Å². The van der Waals surface area contributed by atoms with Crippen molar-refractivity contribution in [2.45, 2.75) is 190 Å². The molecule has 376 valence electrons. The standard InChI is InChI=1S/C46H82IN5O13/c1-24-21-44(9,57)39(64-42-36(32(50(12)13)20-25(2)61-42)60-19-17-18-48-40(55)34-28(5)49-52(15)29(34)6)26(3)35(63-33-22-45(10,59-16)38(54)31(8)62-33)27(4)41(56)65-43(47)46(11,58)37(53)30(7)51(14)23-24/h24-27,30-33,35-39,42-43,53-54,57-58H,17-23H2,1-16H3,(H,48,55)/t24-,25-,26+,27-,30-,31+,32+,33+,35+,36-,37-,38+,39-,42+,43+,44?,45-,46+/m1/s1. The molecule has 1 aromatic rings. The number of aliphatic hydroxyl groups is 4. The van der Waals surface area contributed by atoms with Gasteiger partial charge in [0.2, 0.25) is 0 Å². The molecule has 18 nitrogen and oxygen atoms in total. The van der Waals surface area contributed by atoms with Gasteiger partial charge in [0, 0.05) is 64.0 Å². The van der Waals surface area contributed by atoms with Crippen LogP contribution in [0.1, 0.15) is 110 Å². The summed E-state index contributed by atoms with van der Waals surface area (Å²) in [5.74, 6) is -2.90. The molecule has 4 heterocycles. The van der Waals surface area contributed by atoms with Gasteiger partial charge in [-0.15, -0.1) is 0 Å². The molecule has 0 bridgehead atoms. The number of hydrogen-bond donors (Lipinski definition) is 5. The van der Waals surface area contributed by atoms with Gasteiger partial charge in [-0.3, -0.25) is 14.3 Å². The number of methoxy groups -OCH3 is 1. The maximum atomic E-state index is 14.4. The number of likely N-dealkylation sites (N-methyl/N-ethyl adjacent to an activating group) is 2. The molecule has 0 spiro atoms. The van der Waals surface area contributed by atoms with Gasteiger partial charge >= 0.3 is 5.97 Å². The van der Waals surface area contributed by atoms with E-state index in [1.807, 2.05) is 83.3 Å². The molecule has 0 radical (unpaired) electrons. The second-order valence-electron chi connectivity index (χ2n) is 20.2. The predicted octanol–water partition coefficient (Wildman–Crippen LogP) is 3.08. The van der Waals surface area contributed by atoms with Crippen LogP contribution in [-0.4, -0.2) is 188 Å². The van der Waals surface area contributed by atoms with E-state index < -0.39 is 94.0 Å². The Hall–Kier alpha value is -1.60. The van der Waals surface area contributed by atoms with Crippen LogP contribution in [0.4, 0.5) is 0 Å². The minimum atomic E-state index is -1.85. The Balaban J connectivity index is 1.74. The molecule has 0 aromatic carbocycles. The lowest BCUT2D eigenvalue weighted by Gasteiger charge is -2.49. The molecule has 1 unspecified atom stereocenters. The maximum Gasteiger partial charge on any atom is 0.312 e. The number of nitrogens with zero attached hydrogens (tertiary/aromatic N) is 4. The van der Waals surface area contributed by atoms with Crippen LogP contribution < -0.4 is 5.32 Å². The lowest BCUT2D eigenvalue weighted by Crippen LogP contribution is -2.61. The molecule has 18 atom stereocenters. The van der Waals surface area contributed by atoms with Crippen molar-refractivity contribution in [2.24, 2.45) is 24.8 Å². The quantitative estimate of drug-likeness (QED) is 0.0881. The average Bonchev–Trinajstić information content (AvgIpc) is 3.48. The lowest BCUT2D eigenvalue weighted by atomic mass is 9.77. The number of ether oxygens (including phenoxy) is 7. The molecular weight excluding hydrogens is 957 g/mol. The van der Waals surface area contributed by atoms with Gasteiger partial charge in [-0.25, -0.2) is 0 Å². The van der Waals surface area contributed by atoms with Gasteiger partial charge in [-0.2, -0.15) is 5.10 Å². The van der Waals surface area contributed by atoms with Gasteiger partial charge in [-0.05, 0) is 131 Å². The number of aliphatic hydroxyl groups excluding tert-OH is 2. The summed E-state index contributed by atoms with van der Waals surface area (Å²) in [5.41, 5.74) is -2.49. The van der Waals surface area contributed by atoms with Crippen molar-refractivity contribution >= 4 is 34.5 Å². The zero-order valence-electron chi connectivity index (χ0n) is 41.7. The minimum absolute atomic E-state index is 0.116. The second-order valence-corrected chi connectivity index (χ2v) is 21.3. The Bertz CT molecular complexity index is 1720. The Labute approximate surface area is 400 Å². The SMILES string of the molecule is CO[C@]1(C)C[C@H](O[C@H]2[C@H](C)[C@@H](O[C@@H]3O[C@H](C)C[C@H](N(C)C)[C@H]3OCCCNC(=O)c3c(C)nn(C)c3C)C(C)(O)C[C@@H](C)CN(C)[C@H](C)[C@@H](O)[C@](C)(O)[C@@H](I)OC(=O)[C@@H]2C)O[C@@H](C)[C@@H]1O. The molecule has 3 aliphatic heterocycles. The topological polar surface area (TPSA) is 216 Å². The van der Waals surface area contributed by atoms with Crippen LogP contribution in [0.15, 0.2) is 0 Å². The van der Waals surface area contributed by atoms with Gasteiger partial charge in [0.15, 0.2) is 16.7 Å². The molecule has 3 saturated heterocycles. The van der Waals surface area contributed by atoms with Crippen LogP contribution in [0.2, 0.25) is 0 Å². The Morgan fingerprint density at radius 2 is 1.63 bits per heavy atom. The number of nitrogens with one attached hydrogen (secondary N) is 1. The molecule has 4 rings (SSSR count). The van der Waals surface area contributed by atoms with E-state index >= 15 is 0 Å². The van der Waals surface area contributed by atoms with Gasteiger partial charge in [0.25, 0.3) is 5.91 Å². The summed E-state index contributed by atoms with van der Waals surface area (Å²) < 4.78 is 45.7. The molecule has 0 saturated carbocycles. The van der Waals surface area contributed by atoms with Gasteiger partial charge < -0.3 is 68.7 Å². The van der Waals surface area contributed by atoms with E-state index in [1.54, 1.807) is 46.3 Å². The van der Waals surface area contributed by atoms with Crippen LogP contribution >= 0.6 is 22.6 Å². The fourth-order valence-electron chi connectivity index (χ4n) is 10.00. The molecule has 1 aromatic heterocycles. The van der Waals surface area contributed by atoms with Gasteiger partial charge in [0.1, 0.15) is 23.9 Å². The number of rotatable bonds is 12. The van der Waals surface area contributed by atoms with Crippen molar-refractivity contribution in [3.8, 4) is 0 Å². The van der Waals surface area contributed by atoms with E-state index in [0.717, 1.165) is 5.69 Å². The van der Waals surface area contributed by atoms with Gasteiger partial charge in [-0.1, -0.05) is 13.8 Å². The first-order valence-corrected chi connectivity index (χ1v) is 24.4. The van der Waals surface area contributed by atoms with E-state index in [9.17, 15) is 30.0 Å². The van der Waals surface area contributed by atoms with Gasteiger partial charge in [0.05, 0.1) is 52.8 Å². The normalized spacial score (nSPS) is 42.0. The average molecular weight is 1040 g/mol. The Morgan fingerprint density at radius 1 is 0.985 bits per heavy atom. The Kier molecular flexibility index (Phi) is 19.7. The fraction of sp³-hybridized carbons (Fsp3) is 0.891. The summed E-state index contributed by atoms with van der Waals surface area (Å²) in [6.07, 6.45) is -6.48. The highest BCUT2D eigenvalue weighted by molar-refractivity contribution is 14.1. The number of alkyl halides is 1. The number of aromatic nitrogens is 2. The smallest absolute Gasteiger partial charge is 0.312 e. The number of amides is 1. The van der Waals surface area contributed by atoms with E-state index in [2.05, 4.69) is 15.3 Å². The van der Waals surface area contributed by atoms with Crippen molar-refractivity contribution in [1.29, 1.82) is 0 Å². The molecular formula is C46H82IN5O13. The number of halogens is 1. The largest absolute Gasteiger partial charge is 0.448 e. The summed E-state index contributed by atoms with van der Waals surface area (Å²) >= 11 is 1.84. The third-order valence-electron chi connectivity index (χ3n) is 14.2. The van der Waals surface area contributed by atoms with Crippen LogP contribution in [0.25, 0.3) is 0 Å². The van der Waals surface area contributed by atoms with Crippen LogP contribution in [0, 0.1) is 31.6 Å². The van der Waals surface area contributed by atoms with Crippen molar-refractivity contribution in [3.05, 3.63) is 17.0 Å². The third-order valence-corrected chi connectivity index (χ3v) is 15.7. The monoisotopic (exact) mass is 1040 g/mol. The molecule has 0 aliphatic carbocycles. The van der Waals surface area contributed by atoms with E-state index in [4.69, 9.17) is 33.2 Å². The van der Waals surface area contributed by atoms with Crippen LogP contribution in [0.5, 0.6) is 0 Å². The van der Waals surface area contributed by atoms with Crippen LogP contribution in [-0.2, 0) is 45.0 Å². The first kappa shape index (κ1) is 56.0. The summed E-state index contributed by atoms with van der Waals surface area (Å²) in [4.78, 5) is 31.5. The summed E-state index contributed by atoms with van der Waals surface area (Å²) in [6.45, 7) is 20.6. The lowest BCUT2D eigenvalue weighted by molar-refractivity contribution is -0.321. The third kappa shape index (κ3) is 13.2. The highest BCUT2D eigenvalue weighted by atomic mass is 127. The second kappa shape index (κ2) is 22.9. The minimum Gasteiger partial charge on any atom is -0.448 e. The number of carbonyl (C=O) groups excluding carboxylic acids is 2. The molecule has 65 heavy (non-hydrogen) atoms. The zero-order chi connectivity index (χ0) is 49.1. The Morgan fingerprint density at radius 3 is 2.22 bits per heavy atom. The van der Waals surface area contributed by atoms with Crippen LogP contribution in [0.3, 0.4) is 0 Å². The number of hydrogen-bond acceptors (Lipinski definition) is 16. The van der Waals surface area contributed by atoms with E-state index in [1.165, 1.54) is 14.0 Å². The van der Waals surface area contributed by atoms with Crippen molar-refractivity contribution in [3.63, 3.8) is 0 Å². The molecule has 3 aliphatic rings. The number of aryl methyl sites for hydroxylation is 2. The summed E-state index contributed by atoms with van der Waals surface area (Å²) in [5, 5.41) is 54.5. The van der Waals surface area contributed by atoms with E-state index in [-0.39, 0.29) is 43.4 Å². The molecule has 3 fully saturated rings. The first-order chi connectivity index (χ1) is 30.1. The number of carbonyl (C=O) groups is 2. The first-order valence-electron chi connectivity index (χ1n) is 23.2. The maximum absolute atomic E-state index is 14.4. The highest BCUT2D eigenvalue weighted by Crippen LogP contribution is 2.40. The van der Waals surface area contributed by atoms with Crippen molar-refractivity contribution in [2.75, 3.05) is 47.9 Å².